The monoisotopic (exact) mass is 300 g/mol. The van der Waals surface area contributed by atoms with Crippen LogP contribution in [0.3, 0.4) is 0 Å². The normalized spacial score (nSPS) is 28.3. The van der Waals surface area contributed by atoms with Gasteiger partial charge in [0.15, 0.2) is 0 Å². The van der Waals surface area contributed by atoms with E-state index >= 15 is 0 Å². The number of fused-ring (bicyclic) bond motifs is 2. The summed E-state index contributed by atoms with van der Waals surface area (Å²) in [5.74, 6) is 2.27. The second kappa shape index (κ2) is 5.09. The van der Waals surface area contributed by atoms with Gasteiger partial charge in [0.2, 0.25) is 5.91 Å². The Hall–Kier alpha value is -1.42. The van der Waals surface area contributed by atoms with Crippen molar-refractivity contribution in [2.75, 3.05) is 6.54 Å². The quantitative estimate of drug-likeness (QED) is 0.938. The number of benzene rings is 1. The largest absolute Gasteiger partial charge is 0.355 e. The molecule has 0 bridgehead atoms. The van der Waals surface area contributed by atoms with Gasteiger partial charge < -0.3 is 5.32 Å². The number of nitrogens with zero attached hydrogens (tertiary/aromatic N) is 1. The van der Waals surface area contributed by atoms with Crippen LogP contribution in [0, 0.1) is 17.8 Å². The first kappa shape index (κ1) is 13.3. The van der Waals surface area contributed by atoms with E-state index in [-0.39, 0.29) is 11.8 Å². The van der Waals surface area contributed by atoms with Crippen molar-refractivity contribution in [1.29, 1.82) is 0 Å². The lowest BCUT2D eigenvalue weighted by atomic mass is 10.1. The first-order valence-electron chi connectivity index (χ1n) is 7.87. The molecule has 2 aliphatic rings. The van der Waals surface area contributed by atoms with Crippen LogP contribution in [0.1, 0.15) is 37.1 Å². The number of amides is 1. The predicted molar refractivity (Wildman–Crippen MR) is 85.4 cm³/mol. The second-order valence-corrected chi connectivity index (χ2v) is 7.51. The van der Waals surface area contributed by atoms with Crippen LogP contribution in [0.5, 0.6) is 0 Å². The number of carbonyl (C=O) groups excluding carboxylic acids is 1. The standard InChI is InChI=1S/C17H20N2OS/c1-10(17-19-13-7-2-3-8-14(13)21-17)9-18-16(20)15-11-5-4-6-12(11)15/h2-3,7-8,10-12,15H,4-6,9H2,1H3,(H,18,20). The number of carbonyl (C=O) groups is 1. The third kappa shape index (κ3) is 2.35. The molecule has 2 aliphatic carbocycles. The van der Waals surface area contributed by atoms with Crippen molar-refractivity contribution in [1.82, 2.24) is 10.3 Å². The molecule has 1 amide bonds. The zero-order valence-electron chi connectivity index (χ0n) is 12.2. The lowest BCUT2D eigenvalue weighted by Crippen LogP contribution is -2.30. The molecule has 0 saturated heterocycles. The van der Waals surface area contributed by atoms with E-state index < -0.39 is 0 Å². The van der Waals surface area contributed by atoms with Crippen LogP contribution < -0.4 is 5.32 Å². The average Bonchev–Trinajstić information content (AvgIpc) is 2.89. The zero-order valence-corrected chi connectivity index (χ0v) is 13.0. The topological polar surface area (TPSA) is 42.0 Å². The highest BCUT2D eigenvalue weighted by atomic mass is 32.1. The molecule has 2 aromatic rings. The van der Waals surface area contributed by atoms with Gasteiger partial charge in [-0.05, 0) is 36.8 Å². The second-order valence-electron chi connectivity index (χ2n) is 6.45. The van der Waals surface area contributed by atoms with Gasteiger partial charge in [-0.1, -0.05) is 25.5 Å². The fraction of sp³-hybridized carbons (Fsp3) is 0.529. The Balaban J connectivity index is 1.37. The molecule has 1 N–H and O–H groups in total. The highest BCUT2D eigenvalue weighted by molar-refractivity contribution is 7.18. The Morgan fingerprint density at radius 1 is 1.38 bits per heavy atom. The molecule has 1 aromatic heterocycles. The van der Waals surface area contributed by atoms with Gasteiger partial charge in [-0.2, -0.15) is 0 Å². The first-order chi connectivity index (χ1) is 10.2. The molecular formula is C17H20N2OS. The molecule has 0 radical (unpaired) electrons. The van der Waals surface area contributed by atoms with Gasteiger partial charge in [0.05, 0.1) is 15.2 Å². The molecule has 3 unspecified atom stereocenters. The predicted octanol–water partition coefficient (Wildman–Crippen LogP) is 3.56. The SMILES string of the molecule is CC(CNC(=O)C1C2CCCC21)c1nc2ccccc2s1. The van der Waals surface area contributed by atoms with Crippen LogP contribution in [-0.2, 0) is 4.79 Å². The number of nitrogens with one attached hydrogen (secondary N) is 1. The summed E-state index contributed by atoms with van der Waals surface area (Å²) in [4.78, 5) is 16.9. The summed E-state index contributed by atoms with van der Waals surface area (Å²) in [6.07, 6.45) is 3.84. The zero-order chi connectivity index (χ0) is 14.4. The van der Waals surface area contributed by atoms with Crippen molar-refractivity contribution in [3.05, 3.63) is 29.3 Å². The minimum Gasteiger partial charge on any atom is -0.355 e. The molecule has 4 heteroatoms. The highest BCUT2D eigenvalue weighted by Crippen LogP contribution is 2.57. The van der Waals surface area contributed by atoms with E-state index in [1.807, 2.05) is 18.2 Å². The van der Waals surface area contributed by atoms with Crippen molar-refractivity contribution in [3.63, 3.8) is 0 Å². The van der Waals surface area contributed by atoms with Crippen molar-refractivity contribution in [2.45, 2.75) is 32.1 Å². The fourth-order valence-corrected chi connectivity index (χ4v) is 4.79. The summed E-state index contributed by atoms with van der Waals surface area (Å²) in [6, 6.07) is 8.21. The van der Waals surface area contributed by atoms with Crippen molar-refractivity contribution >= 4 is 27.5 Å². The molecule has 1 aromatic carbocycles. The minimum atomic E-state index is 0.276. The number of hydrogen-bond donors (Lipinski definition) is 1. The first-order valence-corrected chi connectivity index (χ1v) is 8.69. The number of hydrogen-bond acceptors (Lipinski definition) is 3. The van der Waals surface area contributed by atoms with Gasteiger partial charge in [-0.3, -0.25) is 4.79 Å². The third-order valence-corrected chi connectivity index (χ3v) is 6.29. The van der Waals surface area contributed by atoms with Gasteiger partial charge >= 0.3 is 0 Å². The summed E-state index contributed by atoms with van der Waals surface area (Å²) in [5, 5.41) is 4.26. The highest BCUT2D eigenvalue weighted by Gasteiger charge is 2.56. The van der Waals surface area contributed by atoms with E-state index in [0.717, 1.165) is 10.5 Å². The maximum atomic E-state index is 12.2. The molecule has 1 heterocycles. The number of thiazole rings is 1. The van der Waals surface area contributed by atoms with Gasteiger partial charge in [0.25, 0.3) is 0 Å². The summed E-state index contributed by atoms with van der Waals surface area (Å²) in [6.45, 7) is 2.85. The molecule has 2 fully saturated rings. The lowest BCUT2D eigenvalue weighted by molar-refractivity contribution is -0.123. The van der Waals surface area contributed by atoms with Crippen LogP contribution in [0.15, 0.2) is 24.3 Å². The molecule has 3 nitrogen and oxygen atoms in total. The van der Waals surface area contributed by atoms with E-state index in [1.165, 1.54) is 24.0 Å². The summed E-state index contributed by atoms with van der Waals surface area (Å²) in [7, 11) is 0. The van der Waals surface area contributed by atoms with Crippen molar-refractivity contribution in [3.8, 4) is 0 Å². The Bertz CT molecular complexity index is 637. The molecular weight excluding hydrogens is 280 g/mol. The van der Waals surface area contributed by atoms with Crippen LogP contribution in [0.2, 0.25) is 0 Å². The third-order valence-electron chi connectivity index (χ3n) is 5.02. The molecule has 4 rings (SSSR count). The maximum absolute atomic E-state index is 12.2. The van der Waals surface area contributed by atoms with E-state index in [2.05, 4.69) is 23.3 Å². The number of aromatic nitrogens is 1. The Labute approximate surface area is 128 Å². The molecule has 0 aliphatic heterocycles. The smallest absolute Gasteiger partial charge is 0.223 e. The van der Waals surface area contributed by atoms with Crippen LogP contribution in [-0.4, -0.2) is 17.4 Å². The van der Waals surface area contributed by atoms with Gasteiger partial charge in [0.1, 0.15) is 0 Å². The maximum Gasteiger partial charge on any atom is 0.223 e. The molecule has 21 heavy (non-hydrogen) atoms. The Morgan fingerprint density at radius 3 is 2.90 bits per heavy atom. The van der Waals surface area contributed by atoms with E-state index in [1.54, 1.807) is 11.3 Å². The molecule has 3 atom stereocenters. The van der Waals surface area contributed by atoms with Crippen LogP contribution in [0.4, 0.5) is 0 Å². The summed E-state index contributed by atoms with van der Waals surface area (Å²) < 4.78 is 1.22. The molecule has 2 saturated carbocycles. The minimum absolute atomic E-state index is 0.276. The summed E-state index contributed by atoms with van der Waals surface area (Å²) in [5.41, 5.74) is 1.06. The van der Waals surface area contributed by atoms with Crippen molar-refractivity contribution in [2.24, 2.45) is 17.8 Å². The fourth-order valence-electron chi connectivity index (χ4n) is 3.77. The molecule has 110 valence electrons. The van der Waals surface area contributed by atoms with Gasteiger partial charge in [-0.15, -0.1) is 11.3 Å². The van der Waals surface area contributed by atoms with Crippen LogP contribution in [0.25, 0.3) is 10.2 Å². The van der Waals surface area contributed by atoms with Crippen molar-refractivity contribution < 1.29 is 4.79 Å². The van der Waals surface area contributed by atoms with Gasteiger partial charge in [-0.25, -0.2) is 4.98 Å². The van der Waals surface area contributed by atoms with E-state index in [4.69, 9.17) is 0 Å². The van der Waals surface area contributed by atoms with Crippen LogP contribution >= 0.6 is 11.3 Å². The summed E-state index contributed by atoms with van der Waals surface area (Å²) >= 11 is 1.74. The average molecular weight is 300 g/mol. The Kier molecular flexibility index (Phi) is 3.21. The van der Waals surface area contributed by atoms with E-state index in [0.29, 0.717) is 24.3 Å². The molecule has 0 spiro atoms. The Morgan fingerprint density at radius 2 is 2.14 bits per heavy atom. The number of para-hydroxylation sites is 1. The van der Waals surface area contributed by atoms with E-state index in [9.17, 15) is 4.79 Å². The van der Waals surface area contributed by atoms with Gasteiger partial charge in [0, 0.05) is 18.4 Å². The number of rotatable bonds is 4. The lowest BCUT2D eigenvalue weighted by Gasteiger charge is -2.10.